The van der Waals surface area contributed by atoms with Crippen LogP contribution in [0.25, 0.3) is 0 Å². The third-order valence-electron chi connectivity index (χ3n) is 5.98. The van der Waals surface area contributed by atoms with E-state index in [2.05, 4.69) is 104 Å². The van der Waals surface area contributed by atoms with Crippen LogP contribution in [0.1, 0.15) is 35.4 Å². The zero-order valence-corrected chi connectivity index (χ0v) is 21.3. The van der Waals surface area contributed by atoms with Crippen molar-refractivity contribution in [2.75, 3.05) is 57.7 Å². The quantitative estimate of drug-likeness (QED) is 0.304. The van der Waals surface area contributed by atoms with Crippen LogP contribution in [0.5, 0.6) is 5.75 Å². The normalized spacial score (nSPS) is 10.8. The molecule has 0 saturated carbocycles. The van der Waals surface area contributed by atoms with Gasteiger partial charge in [0.1, 0.15) is 5.75 Å². The molecule has 3 aromatic rings. The highest BCUT2D eigenvalue weighted by Crippen LogP contribution is 2.34. The molecule has 3 N–H and O–H groups in total. The number of nitrogens with zero attached hydrogens (tertiary/aromatic N) is 2. The molecule has 0 radical (unpaired) electrons. The number of amides is 1. The first-order valence-electron chi connectivity index (χ1n) is 12.1. The zero-order valence-electron chi connectivity index (χ0n) is 21.3. The van der Waals surface area contributed by atoms with E-state index in [9.17, 15) is 4.79 Å². The third kappa shape index (κ3) is 7.49. The van der Waals surface area contributed by atoms with E-state index in [0.29, 0.717) is 32.5 Å². The predicted octanol–water partition coefficient (Wildman–Crippen LogP) is 4.23. The number of anilines is 2. The predicted molar refractivity (Wildman–Crippen MR) is 146 cm³/mol. The molecule has 0 atom stereocenters. The molecule has 0 aromatic heterocycles. The van der Waals surface area contributed by atoms with E-state index >= 15 is 0 Å². The van der Waals surface area contributed by atoms with E-state index in [1.165, 1.54) is 28.1 Å². The summed E-state index contributed by atoms with van der Waals surface area (Å²) in [6.07, 6.45) is 1.10. The van der Waals surface area contributed by atoms with Crippen LogP contribution in [0, 0.1) is 0 Å². The van der Waals surface area contributed by atoms with Crippen LogP contribution in [0.15, 0.2) is 72.8 Å². The first-order chi connectivity index (χ1) is 16.9. The lowest BCUT2D eigenvalue weighted by molar-refractivity contribution is -0.121. The molecule has 186 valence electrons. The Kier molecular flexibility index (Phi) is 9.56. The highest BCUT2D eigenvalue weighted by atomic mass is 16.5. The van der Waals surface area contributed by atoms with Crippen molar-refractivity contribution in [1.29, 1.82) is 0 Å². The number of benzene rings is 3. The van der Waals surface area contributed by atoms with Crippen molar-refractivity contribution < 1.29 is 9.53 Å². The second kappa shape index (κ2) is 12.8. The van der Waals surface area contributed by atoms with Gasteiger partial charge in [-0.25, -0.2) is 0 Å². The molecule has 0 aliphatic carbocycles. The first kappa shape index (κ1) is 26.1. The number of nitrogens with two attached hydrogens (primary N) is 1. The fraction of sp³-hybridized carbons (Fsp3) is 0.345. The Balaban J connectivity index is 1.75. The molecular formula is C29H38N4O2. The number of nitrogens with one attached hydrogen (secondary N) is 1. The molecule has 0 spiro atoms. The second-order valence-electron chi connectivity index (χ2n) is 9.06. The van der Waals surface area contributed by atoms with E-state index in [1.54, 1.807) is 0 Å². The topological polar surface area (TPSA) is 70.8 Å². The van der Waals surface area contributed by atoms with Crippen LogP contribution in [-0.2, 0) is 4.79 Å². The summed E-state index contributed by atoms with van der Waals surface area (Å²) in [6, 6.07) is 25.8. The molecule has 6 heteroatoms. The fourth-order valence-corrected chi connectivity index (χ4v) is 3.99. The lowest BCUT2D eigenvalue weighted by Crippen LogP contribution is -2.29. The smallest absolute Gasteiger partial charge is 0.220 e. The summed E-state index contributed by atoms with van der Waals surface area (Å²) in [4.78, 5) is 15.9. The van der Waals surface area contributed by atoms with Gasteiger partial charge in [0.15, 0.2) is 0 Å². The summed E-state index contributed by atoms with van der Waals surface area (Å²) in [5, 5.41) is 2.78. The maximum atomic E-state index is 11.7. The maximum absolute atomic E-state index is 11.7. The zero-order chi connectivity index (χ0) is 25.2. The van der Waals surface area contributed by atoms with E-state index in [4.69, 9.17) is 10.5 Å². The first-order valence-corrected chi connectivity index (χ1v) is 12.1. The summed E-state index contributed by atoms with van der Waals surface area (Å²) < 4.78 is 5.88. The largest absolute Gasteiger partial charge is 0.494 e. The van der Waals surface area contributed by atoms with E-state index in [0.717, 1.165) is 5.75 Å². The van der Waals surface area contributed by atoms with Crippen LogP contribution in [-0.4, -0.2) is 53.8 Å². The molecule has 3 rings (SSSR count). The van der Waals surface area contributed by atoms with Gasteiger partial charge in [-0.1, -0.05) is 36.4 Å². The average Bonchev–Trinajstić information content (AvgIpc) is 2.87. The van der Waals surface area contributed by atoms with Crippen LogP contribution in [0.2, 0.25) is 0 Å². The minimum atomic E-state index is 0.0119. The fourth-order valence-electron chi connectivity index (χ4n) is 3.99. The molecule has 6 nitrogen and oxygen atoms in total. The Morgan fingerprint density at radius 2 is 1.26 bits per heavy atom. The molecule has 1 amide bonds. The van der Waals surface area contributed by atoms with E-state index < -0.39 is 0 Å². The van der Waals surface area contributed by atoms with Crippen LogP contribution in [0.4, 0.5) is 11.4 Å². The molecule has 0 saturated heterocycles. The van der Waals surface area contributed by atoms with Crippen molar-refractivity contribution in [1.82, 2.24) is 5.32 Å². The van der Waals surface area contributed by atoms with Crippen LogP contribution < -0.4 is 25.6 Å². The van der Waals surface area contributed by atoms with Crippen LogP contribution >= 0.6 is 0 Å². The number of ether oxygens (including phenoxy) is 1. The van der Waals surface area contributed by atoms with E-state index in [-0.39, 0.29) is 11.8 Å². The molecular weight excluding hydrogens is 436 g/mol. The van der Waals surface area contributed by atoms with Gasteiger partial charge in [0.2, 0.25) is 5.91 Å². The van der Waals surface area contributed by atoms with Crippen molar-refractivity contribution in [2.45, 2.75) is 18.8 Å². The summed E-state index contributed by atoms with van der Waals surface area (Å²) in [6.45, 7) is 1.46. The van der Waals surface area contributed by atoms with Crippen LogP contribution in [0.3, 0.4) is 0 Å². The third-order valence-corrected chi connectivity index (χ3v) is 5.98. The molecule has 0 bridgehead atoms. The molecule has 0 unspecified atom stereocenters. The second-order valence-corrected chi connectivity index (χ2v) is 9.06. The van der Waals surface area contributed by atoms with Crippen molar-refractivity contribution in [3.05, 3.63) is 89.5 Å². The molecule has 35 heavy (non-hydrogen) atoms. The molecule has 0 fully saturated rings. The van der Waals surface area contributed by atoms with Crippen molar-refractivity contribution >= 4 is 17.3 Å². The number of hydrogen-bond acceptors (Lipinski definition) is 5. The summed E-state index contributed by atoms with van der Waals surface area (Å²) in [7, 11) is 8.21. The van der Waals surface area contributed by atoms with Gasteiger partial charge < -0.3 is 25.6 Å². The van der Waals surface area contributed by atoms with E-state index in [1.807, 2.05) is 12.1 Å². The van der Waals surface area contributed by atoms with Crippen molar-refractivity contribution in [3.8, 4) is 5.75 Å². The van der Waals surface area contributed by atoms with Gasteiger partial charge in [-0.15, -0.1) is 0 Å². The van der Waals surface area contributed by atoms with Gasteiger partial charge in [0.25, 0.3) is 0 Å². The Morgan fingerprint density at radius 1 is 0.800 bits per heavy atom. The van der Waals surface area contributed by atoms with Crippen molar-refractivity contribution in [2.24, 2.45) is 5.73 Å². The number of rotatable bonds is 12. The monoisotopic (exact) mass is 474 g/mol. The highest BCUT2D eigenvalue weighted by Gasteiger charge is 2.17. The Morgan fingerprint density at radius 3 is 1.69 bits per heavy atom. The minimum Gasteiger partial charge on any atom is -0.494 e. The Labute approximate surface area is 209 Å². The summed E-state index contributed by atoms with van der Waals surface area (Å²) in [5.74, 6) is 0.932. The molecule has 0 aliphatic rings. The summed E-state index contributed by atoms with van der Waals surface area (Å²) >= 11 is 0. The minimum absolute atomic E-state index is 0.0119. The average molecular weight is 475 g/mol. The number of carbonyl (C=O) groups excluding carboxylic acids is 1. The standard InChI is InChI=1S/C29H38N4O2/c1-32(2)25-13-7-22(8-14-25)29(23-9-15-26(16-10-23)33(3)4)24-11-17-27(18-12-24)35-21-5-6-28(34)31-20-19-30/h7-18,29H,5-6,19-21,30H2,1-4H3,(H,31,34). The molecule has 3 aromatic carbocycles. The molecule has 0 heterocycles. The Bertz CT molecular complexity index is 994. The summed E-state index contributed by atoms with van der Waals surface area (Å²) in [5.41, 5.74) is 11.4. The van der Waals surface area contributed by atoms with Crippen molar-refractivity contribution in [3.63, 3.8) is 0 Å². The number of hydrogen-bond donors (Lipinski definition) is 2. The van der Waals surface area contributed by atoms with Gasteiger partial charge in [-0.2, -0.15) is 0 Å². The Hall–Kier alpha value is -3.51. The van der Waals surface area contributed by atoms with Gasteiger partial charge in [-0.05, 0) is 59.5 Å². The number of carbonyl (C=O) groups is 1. The molecule has 0 aliphatic heterocycles. The maximum Gasteiger partial charge on any atom is 0.220 e. The lowest BCUT2D eigenvalue weighted by atomic mass is 9.85. The van der Waals surface area contributed by atoms with Gasteiger partial charge in [-0.3, -0.25) is 4.79 Å². The van der Waals surface area contributed by atoms with Gasteiger partial charge in [0, 0.05) is 65.0 Å². The van der Waals surface area contributed by atoms with Gasteiger partial charge >= 0.3 is 0 Å². The van der Waals surface area contributed by atoms with Gasteiger partial charge in [0.05, 0.1) is 6.61 Å². The lowest BCUT2D eigenvalue weighted by Gasteiger charge is -2.22. The highest BCUT2D eigenvalue weighted by molar-refractivity contribution is 5.75. The SMILES string of the molecule is CN(C)c1ccc(C(c2ccc(OCCCC(=O)NCCN)cc2)c2ccc(N(C)C)cc2)cc1.